The number of amides is 1. The number of nitrogens with one attached hydrogen (secondary N) is 2. The minimum Gasteiger partial charge on any atom is -0.366 e. The third-order valence-corrected chi connectivity index (χ3v) is 3.99. The Balaban J connectivity index is 1.78. The van der Waals surface area contributed by atoms with Crippen molar-refractivity contribution < 1.29 is 4.79 Å². The SMILES string of the molecule is CC(C)(C)n1ncc2c(=O)[nH]c(NCCc3cccc(C(N)=O)c3)nc21. The molecule has 3 aromatic rings. The molecule has 0 bridgehead atoms. The number of nitrogens with zero attached hydrogens (tertiary/aromatic N) is 3. The van der Waals surface area contributed by atoms with E-state index in [1.165, 1.54) is 6.20 Å². The molecular formula is C18H22N6O2. The Morgan fingerprint density at radius 2 is 2.12 bits per heavy atom. The standard InChI is InChI=1S/C18H22N6O2/c1-18(2,3)24-15-13(10-21-24)16(26)23-17(22-15)20-8-7-11-5-4-6-12(9-11)14(19)25/h4-6,9-10H,7-8H2,1-3H3,(H2,19,25)(H2,20,22,23,26). The highest BCUT2D eigenvalue weighted by atomic mass is 16.1. The van der Waals surface area contributed by atoms with E-state index < -0.39 is 5.91 Å². The number of hydrogen-bond donors (Lipinski definition) is 3. The zero-order valence-corrected chi connectivity index (χ0v) is 15.0. The lowest BCUT2D eigenvalue weighted by molar-refractivity contribution is 0.1000. The zero-order chi connectivity index (χ0) is 18.9. The second-order valence-electron chi connectivity index (χ2n) is 7.12. The molecule has 136 valence electrons. The van der Waals surface area contributed by atoms with Crippen LogP contribution in [0.1, 0.15) is 36.7 Å². The molecule has 0 radical (unpaired) electrons. The maximum atomic E-state index is 12.3. The number of aromatic nitrogens is 4. The summed E-state index contributed by atoms with van der Waals surface area (Å²) < 4.78 is 1.74. The molecular weight excluding hydrogens is 332 g/mol. The zero-order valence-electron chi connectivity index (χ0n) is 15.0. The van der Waals surface area contributed by atoms with Gasteiger partial charge in [0.15, 0.2) is 5.65 Å². The van der Waals surface area contributed by atoms with Crippen LogP contribution in [0.3, 0.4) is 0 Å². The van der Waals surface area contributed by atoms with Crippen molar-refractivity contribution in [2.45, 2.75) is 32.7 Å². The van der Waals surface area contributed by atoms with Crippen molar-refractivity contribution in [3.63, 3.8) is 0 Å². The molecule has 2 heterocycles. The van der Waals surface area contributed by atoms with Crippen LogP contribution in [0.5, 0.6) is 0 Å². The molecule has 2 aromatic heterocycles. The largest absolute Gasteiger partial charge is 0.366 e. The number of carbonyl (C=O) groups excluding carboxylic acids is 1. The van der Waals surface area contributed by atoms with Gasteiger partial charge in [0.2, 0.25) is 11.9 Å². The average molecular weight is 354 g/mol. The van der Waals surface area contributed by atoms with Gasteiger partial charge in [-0.3, -0.25) is 14.6 Å². The Labute approximate surface area is 150 Å². The number of hydrogen-bond acceptors (Lipinski definition) is 5. The van der Waals surface area contributed by atoms with E-state index in [0.717, 1.165) is 5.56 Å². The molecule has 1 amide bonds. The third kappa shape index (κ3) is 3.58. The number of fused-ring (bicyclic) bond motifs is 1. The van der Waals surface area contributed by atoms with E-state index >= 15 is 0 Å². The Kier molecular flexibility index (Phi) is 4.50. The fraction of sp³-hybridized carbons (Fsp3) is 0.333. The summed E-state index contributed by atoms with van der Waals surface area (Å²) in [4.78, 5) is 30.7. The van der Waals surface area contributed by atoms with Gasteiger partial charge in [0, 0.05) is 12.1 Å². The summed E-state index contributed by atoms with van der Waals surface area (Å²) in [5.74, 6) is -0.0637. The summed E-state index contributed by atoms with van der Waals surface area (Å²) in [6.45, 7) is 6.55. The number of rotatable bonds is 5. The highest BCUT2D eigenvalue weighted by Crippen LogP contribution is 2.18. The number of aromatic amines is 1. The molecule has 0 aliphatic heterocycles. The van der Waals surface area contributed by atoms with Gasteiger partial charge in [-0.05, 0) is 44.9 Å². The maximum Gasteiger partial charge on any atom is 0.263 e. The number of carbonyl (C=O) groups is 1. The van der Waals surface area contributed by atoms with Crippen LogP contribution in [0.25, 0.3) is 11.0 Å². The van der Waals surface area contributed by atoms with Crippen molar-refractivity contribution in [3.8, 4) is 0 Å². The second-order valence-corrected chi connectivity index (χ2v) is 7.12. The van der Waals surface area contributed by atoms with E-state index in [0.29, 0.717) is 35.5 Å². The first-order valence-corrected chi connectivity index (χ1v) is 8.37. The number of anilines is 1. The highest BCUT2D eigenvalue weighted by molar-refractivity contribution is 5.92. The van der Waals surface area contributed by atoms with E-state index in [1.54, 1.807) is 22.9 Å². The Bertz CT molecular complexity index is 1010. The van der Waals surface area contributed by atoms with E-state index in [-0.39, 0.29) is 11.1 Å². The normalized spacial score (nSPS) is 11.7. The Hall–Kier alpha value is -3.16. The monoisotopic (exact) mass is 354 g/mol. The highest BCUT2D eigenvalue weighted by Gasteiger charge is 2.19. The van der Waals surface area contributed by atoms with Crippen LogP contribution in [-0.2, 0) is 12.0 Å². The van der Waals surface area contributed by atoms with Gasteiger partial charge in [0.05, 0.1) is 11.7 Å². The average Bonchev–Trinajstić information content (AvgIpc) is 3.00. The van der Waals surface area contributed by atoms with Gasteiger partial charge >= 0.3 is 0 Å². The first kappa shape index (κ1) is 17.7. The maximum absolute atomic E-state index is 12.3. The van der Waals surface area contributed by atoms with Crippen molar-refractivity contribution in [1.82, 2.24) is 19.7 Å². The Morgan fingerprint density at radius 3 is 2.81 bits per heavy atom. The summed E-state index contributed by atoms with van der Waals surface area (Å²) in [5.41, 5.74) is 6.77. The molecule has 3 rings (SSSR count). The smallest absolute Gasteiger partial charge is 0.263 e. The first-order chi connectivity index (χ1) is 12.3. The molecule has 1 aromatic carbocycles. The third-order valence-electron chi connectivity index (χ3n) is 3.99. The van der Waals surface area contributed by atoms with Gasteiger partial charge in [-0.1, -0.05) is 12.1 Å². The predicted molar refractivity (Wildman–Crippen MR) is 100 cm³/mol. The summed E-state index contributed by atoms with van der Waals surface area (Å²) >= 11 is 0. The minimum atomic E-state index is -0.452. The fourth-order valence-corrected chi connectivity index (χ4v) is 2.70. The van der Waals surface area contributed by atoms with Crippen LogP contribution < -0.4 is 16.6 Å². The van der Waals surface area contributed by atoms with Crippen molar-refractivity contribution >= 4 is 22.9 Å². The quantitative estimate of drug-likeness (QED) is 0.643. The molecule has 4 N–H and O–H groups in total. The molecule has 0 aliphatic rings. The number of H-pyrrole nitrogens is 1. The van der Waals surface area contributed by atoms with Gasteiger partial charge in [0.1, 0.15) is 5.39 Å². The van der Waals surface area contributed by atoms with E-state index in [2.05, 4.69) is 20.4 Å². The molecule has 26 heavy (non-hydrogen) atoms. The molecule has 0 unspecified atom stereocenters. The van der Waals surface area contributed by atoms with Crippen LogP contribution in [-0.4, -0.2) is 32.2 Å². The van der Waals surface area contributed by atoms with Gasteiger partial charge in [0.25, 0.3) is 5.56 Å². The lowest BCUT2D eigenvalue weighted by Gasteiger charge is -2.19. The Morgan fingerprint density at radius 1 is 1.35 bits per heavy atom. The van der Waals surface area contributed by atoms with E-state index in [9.17, 15) is 9.59 Å². The van der Waals surface area contributed by atoms with Crippen LogP contribution >= 0.6 is 0 Å². The molecule has 8 heteroatoms. The van der Waals surface area contributed by atoms with Crippen molar-refractivity contribution in [1.29, 1.82) is 0 Å². The van der Waals surface area contributed by atoms with Gasteiger partial charge in [-0.25, -0.2) is 4.68 Å². The first-order valence-electron chi connectivity index (χ1n) is 8.37. The molecule has 0 fully saturated rings. The van der Waals surface area contributed by atoms with E-state index in [1.807, 2.05) is 26.8 Å². The lowest BCUT2D eigenvalue weighted by Crippen LogP contribution is -2.24. The van der Waals surface area contributed by atoms with Crippen LogP contribution in [0.4, 0.5) is 5.95 Å². The lowest BCUT2D eigenvalue weighted by atomic mass is 10.1. The molecule has 0 saturated carbocycles. The summed E-state index contributed by atoms with van der Waals surface area (Å²) in [6.07, 6.45) is 2.19. The van der Waals surface area contributed by atoms with Gasteiger partial charge < -0.3 is 11.1 Å². The van der Waals surface area contributed by atoms with E-state index in [4.69, 9.17) is 5.73 Å². The topological polar surface area (TPSA) is 119 Å². The number of nitrogens with two attached hydrogens (primary N) is 1. The minimum absolute atomic E-state index is 0.233. The number of benzene rings is 1. The van der Waals surface area contributed by atoms with Crippen LogP contribution in [0, 0.1) is 0 Å². The fourth-order valence-electron chi connectivity index (χ4n) is 2.70. The molecule has 8 nitrogen and oxygen atoms in total. The van der Waals surface area contributed by atoms with Crippen molar-refractivity contribution in [2.75, 3.05) is 11.9 Å². The second kappa shape index (κ2) is 6.62. The van der Waals surface area contributed by atoms with Crippen LogP contribution in [0.2, 0.25) is 0 Å². The molecule has 0 saturated heterocycles. The predicted octanol–water partition coefficient (Wildman–Crippen LogP) is 1.63. The van der Waals surface area contributed by atoms with Gasteiger partial charge in [-0.15, -0.1) is 0 Å². The summed E-state index contributed by atoms with van der Waals surface area (Å²) in [5, 5.41) is 7.86. The molecule has 0 aliphatic carbocycles. The van der Waals surface area contributed by atoms with Crippen molar-refractivity contribution in [2.24, 2.45) is 5.73 Å². The van der Waals surface area contributed by atoms with Gasteiger partial charge in [-0.2, -0.15) is 10.1 Å². The molecule has 0 atom stereocenters. The number of primary amides is 1. The summed E-state index contributed by atoms with van der Waals surface area (Å²) in [7, 11) is 0. The summed E-state index contributed by atoms with van der Waals surface area (Å²) in [6, 6.07) is 7.16. The molecule has 0 spiro atoms. The van der Waals surface area contributed by atoms with Crippen molar-refractivity contribution in [3.05, 3.63) is 51.9 Å². The van der Waals surface area contributed by atoms with Crippen LogP contribution in [0.15, 0.2) is 35.3 Å².